The third kappa shape index (κ3) is 5.56. The van der Waals surface area contributed by atoms with Crippen molar-refractivity contribution in [3.63, 3.8) is 0 Å². The predicted octanol–water partition coefficient (Wildman–Crippen LogP) is 3.23. The quantitative estimate of drug-likeness (QED) is 0.843. The minimum Gasteiger partial charge on any atom is -0.455 e. The zero-order valence-corrected chi connectivity index (χ0v) is 11.9. The van der Waals surface area contributed by atoms with Crippen LogP contribution < -0.4 is 5.32 Å². The molecule has 0 saturated heterocycles. The molecule has 0 amide bonds. The smallest absolute Gasteiger partial charge is 0.422 e. The van der Waals surface area contributed by atoms with Crippen molar-refractivity contribution in [2.24, 2.45) is 0 Å². The third-order valence-corrected chi connectivity index (χ3v) is 3.17. The molecule has 1 atom stereocenters. The second-order valence-electron chi connectivity index (χ2n) is 4.02. The molecule has 1 aromatic rings. The molecule has 0 unspecified atom stereocenters. The summed E-state index contributed by atoms with van der Waals surface area (Å²) in [5, 5.41) is 3.27. The van der Waals surface area contributed by atoms with E-state index in [1.807, 2.05) is 0 Å². The summed E-state index contributed by atoms with van der Waals surface area (Å²) in [6, 6.07) is 3.84. The summed E-state index contributed by atoms with van der Waals surface area (Å²) < 4.78 is 40.1. The van der Waals surface area contributed by atoms with Gasteiger partial charge in [-0.05, 0) is 31.2 Å². The summed E-state index contributed by atoms with van der Waals surface area (Å²) in [6.45, 7) is -1.61. The lowest BCUT2D eigenvalue weighted by Crippen LogP contribution is -2.39. The summed E-state index contributed by atoms with van der Waals surface area (Å²) >= 11 is 11.6. The average molecular weight is 330 g/mol. The van der Waals surface area contributed by atoms with E-state index in [-0.39, 0.29) is 6.42 Å². The maximum atomic E-state index is 12.0. The van der Waals surface area contributed by atoms with E-state index in [1.165, 1.54) is 7.05 Å². The lowest BCUT2D eigenvalue weighted by Gasteiger charge is -2.16. The molecule has 1 N–H and O–H groups in total. The number of likely N-dealkylation sites (N-methyl/N-ethyl adjacent to an activating group) is 1. The Morgan fingerprint density at radius 2 is 2.00 bits per heavy atom. The third-order valence-electron chi connectivity index (χ3n) is 2.43. The Bertz CT molecular complexity index is 480. The zero-order chi connectivity index (χ0) is 15.3. The molecule has 0 spiro atoms. The van der Waals surface area contributed by atoms with E-state index in [0.29, 0.717) is 15.6 Å². The largest absolute Gasteiger partial charge is 0.455 e. The predicted molar refractivity (Wildman–Crippen MR) is 70.0 cm³/mol. The molecular formula is C12H12Cl2F3NO2. The molecule has 0 heterocycles. The molecule has 20 heavy (non-hydrogen) atoms. The Kier molecular flexibility index (Phi) is 6.10. The molecule has 112 valence electrons. The van der Waals surface area contributed by atoms with E-state index in [9.17, 15) is 18.0 Å². The molecule has 0 aromatic heterocycles. The summed E-state index contributed by atoms with van der Waals surface area (Å²) in [4.78, 5) is 11.5. The van der Waals surface area contributed by atoms with Gasteiger partial charge in [0.15, 0.2) is 6.61 Å². The van der Waals surface area contributed by atoms with E-state index in [2.05, 4.69) is 10.1 Å². The highest BCUT2D eigenvalue weighted by atomic mass is 35.5. The van der Waals surface area contributed by atoms with Gasteiger partial charge in [-0.2, -0.15) is 13.2 Å². The van der Waals surface area contributed by atoms with Gasteiger partial charge in [-0.3, -0.25) is 4.79 Å². The van der Waals surface area contributed by atoms with Crippen molar-refractivity contribution >= 4 is 29.2 Å². The molecular weight excluding hydrogens is 318 g/mol. The monoisotopic (exact) mass is 329 g/mol. The van der Waals surface area contributed by atoms with Gasteiger partial charge < -0.3 is 10.1 Å². The van der Waals surface area contributed by atoms with Gasteiger partial charge in [0.05, 0.1) is 10.0 Å². The van der Waals surface area contributed by atoms with E-state index in [4.69, 9.17) is 23.2 Å². The highest BCUT2D eigenvalue weighted by molar-refractivity contribution is 6.42. The number of carbonyl (C=O) groups excluding carboxylic acids is 1. The lowest BCUT2D eigenvalue weighted by molar-refractivity contribution is -0.187. The Labute approximate surface area is 124 Å². The van der Waals surface area contributed by atoms with Gasteiger partial charge in [-0.25, -0.2) is 0 Å². The van der Waals surface area contributed by atoms with Crippen LogP contribution in [-0.2, 0) is 16.0 Å². The van der Waals surface area contributed by atoms with Crippen LogP contribution in [0.1, 0.15) is 5.56 Å². The van der Waals surface area contributed by atoms with Crippen molar-refractivity contribution in [2.45, 2.75) is 18.6 Å². The van der Waals surface area contributed by atoms with Crippen molar-refractivity contribution in [2.75, 3.05) is 13.7 Å². The van der Waals surface area contributed by atoms with Crippen LogP contribution in [0, 0.1) is 0 Å². The number of hydrogen-bond acceptors (Lipinski definition) is 3. The molecule has 0 aliphatic heterocycles. The van der Waals surface area contributed by atoms with Gasteiger partial charge in [0.2, 0.25) is 0 Å². The first-order chi connectivity index (χ1) is 9.23. The van der Waals surface area contributed by atoms with Crippen molar-refractivity contribution in [1.29, 1.82) is 0 Å². The van der Waals surface area contributed by atoms with Gasteiger partial charge in [0, 0.05) is 0 Å². The van der Waals surface area contributed by atoms with Gasteiger partial charge in [-0.15, -0.1) is 0 Å². The number of rotatable bonds is 5. The fourth-order valence-corrected chi connectivity index (χ4v) is 1.78. The molecule has 8 heteroatoms. The van der Waals surface area contributed by atoms with Crippen LogP contribution in [0.4, 0.5) is 13.2 Å². The fraction of sp³-hybridized carbons (Fsp3) is 0.417. The Balaban J connectivity index is 2.66. The van der Waals surface area contributed by atoms with Gasteiger partial charge in [0.1, 0.15) is 6.04 Å². The molecule has 0 radical (unpaired) electrons. The van der Waals surface area contributed by atoms with Crippen LogP contribution in [0.2, 0.25) is 10.0 Å². The second kappa shape index (κ2) is 7.15. The van der Waals surface area contributed by atoms with Crippen LogP contribution >= 0.6 is 23.2 Å². The fourth-order valence-electron chi connectivity index (χ4n) is 1.46. The number of hydrogen-bond donors (Lipinski definition) is 1. The molecule has 0 fully saturated rings. The highest BCUT2D eigenvalue weighted by Crippen LogP contribution is 2.23. The van der Waals surface area contributed by atoms with E-state index >= 15 is 0 Å². The second-order valence-corrected chi connectivity index (χ2v) is 4.83. The van der Waals surface area contributed by atoms with E-state index < -0.39 is 24.8 Å². The number of nitrogens with one attached hydrogen (secondary N) is 1. The summed E-state index contributed by atoms with van der Waals surface area (Å²) in [5.74, 6) is -0.976. The number of benzene rings is 1. The van der Waals surface area contributed by atoms with E-state index in [1.54, 1.807) is 18.2 Å². The van der Waals surface area contributed by atoms with Crippen molar-refractivity contribution in [3.05, 3.63) is 33.8 Å². The topological polar surface area (TPSA) is 38.3 Å². The summed E-state index contributed by atoms with van der Waals surface area (Å²) in [7, 11) is 1.46. The van der Waals surface area contributed by atoms with Gasteiger partial charge in [0.25, 0.3) is 0 Å². The van der Waals surface area contributed by atoms with Crippen LogP contribution in [0.15, 0.2) is 18.2 Å². The van der Waals surface area contributed by atoms with E-state index in [0.717, 1.165) is 0 Å². The number of esters is 1. The summed E-state index contributed by atoms with van der Waals surface area (Å²) in [6.07, 6.45) is -4.40. The van der Waals surface area contributed by atoms with Crippen molar-refractivity contribution in [1.82, 2.24) is 5.32 Å². The van der Waals surface area contributed by atoms with Crippen LogP contribution in [0.3, 0.4) is 0 Å². The Hall–Kier alpha value is -0.980. The minimum absolute atomic E-state index is 0.143. The number of carbonyl (C=O) groups is 1. The molecule has 0 aliphatic rings. The van der Waals surface area contributed by atoms with Crippen molar-refractivity contribution in [3.8, 4) is 0 Å². The maximum Gasteiger partial charge on any atom is 0.422 e. The molecule has 1 aromatic carbocycles. The number of alkyl halides is 3. The SMILES string of the molecule is CN[C@@H](Cc1ccc(Cl)c(Cl)c1)C(=O)OCC(F)(F)F. The number of halogens is 5. The highest BCUT2D eigenvalue weighted by Gasteiger charge is 2.31. The first kappa shape index (κ1) is 17.1. The van der Waals surface area contributed by atoms with Crippen LogP contribution in [0.5, 0.6) is 0 Å². The number of ether oxygens (including phenoxy) is 1. The normalized spacial score (nSPS) is 13.1. The first-order valence-electron chi connectivity index (χ1n) is 5.57. The maximum absolute atomic E-state index is 12.0. The molecule has 0 aliphatic carbocycles. The molecule has 0 saturated carbocycles. The Morgan fingerprint density at radius 1 is 1.35 bits per heavy atom. The lowest BCUT2D eigenvalue weighted by atomic mass is 10.1. The van der Waals surface area contributed by atoms with Gasteiger partial charge in [-0.1, -0.05) is 29.3 Å². The van der Waals surface area contributed by atoms with Gasteiger partial charge >= 0.3 is 12.1 Å². The average Bonchev–Trinajstić information content (AvgIpc) is 2.36. The molecule has 1 rings (SSSR count). The summed E-state index contributed by atoms with van der Waals surface area (Å²) in [5.41, 5.74) is 0.655. The minimum atomic E-state index is -4.54. The van der Waals surface area contributed by atoms with Crippen LogP contribution in [-0.4, -0.2) is 31.8 Å². The first-order valence-corrected chi connectivity index (χ1v) is 6.33. The Morgan fingerprint density at radius 3 is 2.50 bits per heavy atom. The molecule has 3 nitrogen and oxygen atoms in total. The molecule has 0 bridgehead atoms. The van der Waals surface area contributed by atoms with Crippen LogP contribution in [0.25, 0.3) is 0 Å². The standard InChI is InChI=1S/C12H12Cl2F3NO2/c1-18-10(11(19)20-6-12(15,16)17)5-7-2-3-8(13)9(14)4-7/h2-4,10,18H,5-6H2,1H3/t10-/m0/s1. The zero-order valence-electron chi connectivity index (χ0n) is 10.4. The van der Waals surface area contributed by atoms with Crippen molar-refractivity contribution < 1.29 is 22.7 Å².